The first kappa shape index (κ1) is 18.5. The van der Waals surface area contributed by atoms with Gasteiger partial charge in [-0.05, 0) is 80.5 Å². The second-order valence-electron chi connectivity index (χ2n) is 6.00. The monoisotopic (exact) mass is 372 g/mol. The zero-order chi connectivity index (χ0) is 18.2. The molecular weight excluding hydrogens is 348 g/mol. The maximum Gasteiger partial charge on any atom is 0.170 e. The van der Waals surface area contributed by atoms with Crippen molar-refractivity contribution in [3.8, 4) is 17.2 Å². The van der Waals surface area contributed by atoms with E-state index in [2.05, 4.69) is 10.6 Å². The minimum Gasteiger partial charge on any atom is -0.494 e. The predicted molar refractivity (Wildman–Crippen MR) is 107 cm³/mol. The van der Waals surface area contributed by atoms with Gasteiger partial charge in [0.25, 0.3) is 0 Å². The van der Waals surface area contributed by atoms with Crippen LogP contribution in [0.25, 0.3) is 0 Å². The van der Waals surface area contributed by atoms with Gasteiger partial charge in [-0.15, -0.1) is 0 Å². The van der Waals surface area contributed by atoms with Crippen molar-refractivity contribution in [3.63, 3.8) is 0 Å². The van der Waals surface area contributed by atoms with Crippen LogP contribution >= 0.6 is 12.2 Å². The van der Waals surface area contributed by atoms with Crippen molar-refractivity contribution in [3.05, 3.63) is 48.5 Å². The fourth-order valence-corrected chi connectivity index (χ4v) is 2.90. The lowest BCUT2D eigenvalue weighted by Crippen LogP contribution is -2.34. The Kier molecular flexibility index (Phi) is 6.68. The average molecular weight is 372 g/mol. The third kappa shape index (κ3) is 5.61. The number of nitrogens with one attached hydrogen (secondary N) is 2. The summed E-state index contributed by atoms with van der Waals surface area (Å²) in [6.07, 6.45) is 2.48. The van der Waals surface area contributed by atoms with E-state index in [1.807, 2.05) is 55.5 Å². The maximum absolute atomic E-state index is 5.84. The normalized spacial score (nSPS) is 16.1. The van der Waals surface area contributed by atoms with Crippen LogP contribution in [0, 0.1) is 0 Å². The van der Waals surface area contributed by atoms with Gasteiger partial charge in [0.15, 0.2) is 5.11 Å². The highest BCUT2D eigenvalue weighted by molar-refractivity contribution is 7.80. The van der Waals surface area contributed by atoms with Gasteiger partial charge < -0.3 is 24.8 Å². The molecule has 0 saturated carbocycles. The second-order valence-corrected chi connectivity index (χ2v) is 6.41. The Hall–Kier alpha value is -2.31. The summed E-state index contributed by atoms with van der Waals surface area (Å²) in [5.41, 5.74) is 0.911. The van der Waals surface area contributed by atoms with Crippen LogP contribution in [0.15, 0.2) is 48.5 Å². The van der Waals surface area contributed by atoms with Crippen LogP contribution in [0.3, 0.4) is 0 Å². The Labute approximate surface area is 159 Å². The Balaban J connectivity index is 1.47. The van der Waals surface area contributed by atoms with Gasteiger partial charge in [0.05, 0.1) is 12.7 Å². The molecule has 138 valence electrons. The molecule has 6 heteroatoms. The molecule has 0 aliphatic carbocycles. The third-order valence-corrected chi connectivity index (χ3v) is 4.24. The van der Waals surface area contributed by atoms with E-state index in [4.69, 9.17) is 26.4 Å². The maximum atomic E-state index is 5.84. The fraction of sp³-hybridized carbons (Fsp3) is 0.350. The topological polar surface area (TPSA) is 51.8 Å². The molecule has 1 aliphatic rings. The lowest BCUT2D eigenvalue weighted by atomic mass is 10.2. The standard InChI is InChI=1S/C20H24N2O3S/c1-2-23-16-9-11-18(12-10-16)25-17-7-5-15(6-8-17)22-20(26)21-14-19-4-3-13-24-19/h5-12,19H,2-4,13-14H2,1H3,(H2,21,22,26)/t19-/m0/s1. The Morgan fingerprint density at radius 3 is 2.35 bits per heavy atom. The molecule has 26 heavy (non-hydrogen) atoms. The molecule has 0 unspecified atom stereocenters. The predicted octanol–water partition coefficient (Wildman–Crippen LogP) is 4.34. The first-order chi connectivity index (χ1) is 12.7. The van der Waals surface area contributed by atoms with Gasteiger partial charge in [0, 0.05) is 18.8 Å². The highest BCUT2D eigenvalue weighted by Gasteiger charge is 2.15. The van der Waals surface area contributed by atoms with Crippen LogP contribution < -0.4 is 20.1 Å². The van der Waals surface area contributed by atoms with Crippen molar-refractivity contribution in [1.29, 1.82) is 0 Å². The van der Waals surface area contributed by atoms with Gasteiger partial charge in [-0.3, -0.25) is 0 Å². The number of thiocarbonyl (C=S) groups is 1. The van der Waals surface area contributed by atoms with Crippen molar-refractivity contribution in [2.45, 2.75) is 25.9 Å². The Morgan fingerprint density at radius 2 is 1.73 bits per heavy atom. The van der Waals surface area contributed by atoms with E-state index in [1.54, 1.807) is 0 Å². The van der Waals surface area contributed by atoms with Crippen molar-refractivity contribution in [2.24, 2.45) is 0 Å². The number of hydrogen-bond donors (Lipinski definition) is 2. The zero-order valence-electron chi connectivity index (χ0n) is 14.9. The Morgan fingerprint density at radius 1 is 1.08 bits per heavy atom. The first-order valence-electron chi connectivity index (χ1n) is 8.90. The summed E-state index contributed by atoms with van der Waals surface area (Å²) in [6, 6.07) is 15.2. The van der Waals surface area contributed by atoms with Gasteiger partial charge >= 0.3 is 0 Å². The number of anilines is 1. The molecule has 3 rings (SSSR count). The molecule has 1 aliphatic heterocycles. The molecule has 1 fully saturated rings. The van der Waals surface area contributed by atoms with Crippen LogP contribution in [0.2, 0.25) is 0 Å². The minimum absolute atomic E-state index is 0.264. The zero-order valence-corrected chi connectivity index (χ0v) is 15.7. The van der Waals surface area contributed by atoms with Crippen molar-refractivity contribution in [1.82, 2.24) is 5.32 Å². The van der Waals surface area contributed by atoms with Crippen molar-refractivity contribution >= 4 is 23.0 Å². The van der Waals surface area contributed by atoms with Gasteiger partial charge in [-0.2, -0.15) is 0 Å². The molecule has 1 heterocycles. The van der Waals surface area contributed by atoms with Gasteiger partial charge in [-0.1, -0.05) is 0 Å². The van der Waals surface area contributed by atoms with E-state index < -0.39 is 0 Å². The fourth-order valence-electron chi connectivity index (χ4n) is 2.70. The summed E-state index contributed by atoms with van der Waals surface area (Å²) in [6.45, 7) is 4.20. The number of rotatable bonds is 7. The highest BCUT2D eigenvalue weighted by Crippen LogP contribution is 2.25. The second kappa shape index (κ2) is 9.40. The van der Waals surface area contributed by atoms with E-state index >= 15 is 0 Å². The lowest BCUT2D eigenvalue weighted by Gasteiger charge is -2.14. The molecule has 0 spiro atoms. The molecule has 1 atom stereocenters. The minimum atomic E-state index is 0.264. The molecule has 0 amide bonds. The molecule has 2 aromatic rings. The number of benzene rings is 2. The molecular formula is C20H24N2O3S. The molecule has 2 N–H and O–H groups in total. The lowest BCUT2D eigenvalue weighted by molar-refractivity contribution is 0.114. The summed E-state index contributed by atoms with van der Waals surface area (Å²) in [5, 5.41) is 6.96. The van der Waals surface area contributed by atoms with Gasteiger partial charge in [-0.25, -0.2) is 0 Å². The van der Waals surface area contributed by atoms with Crippen LogP contribution in [0.1, 0.15) is 19.8 Å². The van der Waals surface area contributed by atoms with Crippen molar-refractivity contribution in [2.75, 3.05) is 25.1 Å². The van der Waals surface area contributed by atoms with Crippen LogP contribution in [0.4, 0.5) is 5.69 Å². The molecule has 0 bridgehead atoms. The number of ether oxygens (including phenoxy) is 3. The molecule has 5 nitrogen and oxygen atoms in total. The van der Waals surface area contributed by atoms with Crippen LogP contribution in [0.5, 0.6) is 17.2 Å². The van der Waals surface area contributed by atoms with Crippen LogP contribution in [-0.2, 0) is 4.74 Å². The molecule has 0 aromatic heterocycles. The van der Waals surface area contributed by atoms with E-state index in [1.165, 1.54) is 0 Å². The summed E-state index contributed by atoms with van der Waals surface area (Å²) in [4.78, 5) is 0. The van der Waals surface area contributed by atoms with E-state index in [0.717, 1.165) is 48.9 Å². The number of hydrogen-bond acceptors (Lipinski definition) is 4. The quantitative estimate of drug-likeness (QED) is 0.705. The van der Waals surface area contributed by atoms with E-state index in [0.29, 0.717) is 11.7 Å². The third-order valence-electron chi connectivity index (χ3n) is 4.00. The van der Waals surface area contributed by atoms with Gasteiger partial charge in [0.2, 0.25) is 0 Å². The SMILES string of the molecule is CCOc1ccc(Oc2ccc(NC(=S)NC[C@@H]3CCCO3)cc2)cc1. The summed E-state index contributed by atoms with van der Waals surface area (Å²) < 4.78 is 16.8. The largest absolute Gasteiger partial charge is 0.494 e. The first-order valence-corrected chi connectivity index (χ1v) is 9.31. The highest BCUT2D eigenvalue weighted by atomic mass is 32.1. The molecule has 2 aromatic carbocycles. The molecule has 1 saturated heterocycles. The summed E-state index contributed by atoms with van der Waals surface area (Å²) >= 11 is 5.32. The molecule has 0 radical (unpaired) electrons. The van der Waals surface area contributed by atoms with E-state index in [9.17, 15) is 0 Å². The summed E-state index contributed by atoms with van der Waals surface area (Å²) in [5.74, 6) is 2.37. The smallest absolute Gasteiger partial charge is 0.170 e. The van der Waals surface area contributed by atoms with E-state index in [-0.39, 0.29) is 6.10 Å². The van der Waals surface area contributed by atoms with Gasteiger partial charge in [0.1, 0.15) is 17.2 Å². The average Bonchev–Trinajstić information content (AvgIpc) is 3.17. The van der Waals surface area contributed by atoms with Crippen molar-refractivity contribution < 1.29 is 14.2 Å². The van der Waals surface area contributed by atoms with Crippen LogP contribution in [-0.4, -0.2) is 31.0 Å². The Bertz CT molecular complexity index is 698. The summed E-state index contributed by atoms with van der Waals surface area (Å²) in [7, 11) is 0.